The molecule has 0 atom stereocenters. The summed E-state index contributed by atoms with van der Waals surface area (Å²) in [6, 6.07) is 0.184. The Morgan fingerprint density at radius 2 is 2.21 bits per heavy atom. The summed E-state index contributed by atoms with van der Waals surface area (Å²) in [4.78, 5) is 12.2. The highest BCUT2D eigenvalue weighted by Crippen LogP contribution is 2.16. The molecule has 19 heavy (non-hydrogen) atoms. The molecule has 2 heterocycles. The number of ether oxygens (including phenoxy) is 1. The van der Waals surface area contributed by atoms with E-state index in [1.807, 2.05) is 6.92 Å². The summed E-state index contributed by atoms with van der Waals surface area (Å²) in [5, 5.41) is 4.71. The van der Waals surface area contributed by atoms with Gasteiger partial charge in [0.25, 0.3) is 5.95 Å². The van der Waals surface area contributed by atoms with E-state index in [1.165, 1.54) is 4.68 Å². The minimum atomic E-state index is 0.184. The summed E-state index contributed by atoms with van der Waals surface area (Å²) < 4.78 is 6.81. The lowest BCUT2D eigenvalue weighted by molar-refractivity contribution is 0.291. The zero-order valence-corrected chi connectivity index (χ0v) is 11.3. The molecule has 2 rings (SSSR count). The highest BCUT2D eigenvalue weighted by molar-refractivity contribution is 6.31. The van der Waals surface area contributed by atoms with E-state index < -0.39 is 0 Å². The summed E-state index contributed by atoms with van der Waals surface area (Å²) in [6.07, 6.45) is 2.45. The van der Waals surface area contributed by atoms with Crippen LogP contribution in [0.1, 0.15) is 19.0 Å². The van der Waals surface area contributed by atoms with Crippen LogP contribution in [0.2, 0.25) is 5.02 Å². The first-order valence-corrected chi connectivity index (χ1v) is 6.09. The van der Waals surface area contributed by atoms with Crippen molar-refractivity contribution in [2.24, 2.45) is 5.84 Å². The normalized spacial score (nSPS) is 10.5. The van der Waals surface area contributed by atoms with Crippen molar-refractivity contribution in [3.63, 3.8) is 0 Å². The van der Waals surface area contributed by atoms with Crippen molar-refractivity contribution in [2.45, 2.75) is 20.3 Å². The van der Waals surface area contributed by atoms with E-state index >= 15 is 0 Å². The summed E-state index contributed by atoms with van der Waals surface area (Å²) in [5.41, 5.74) is 3.04. The third-order valence-corrected chi connectivity index (χ3v) is 2.58. The summed E-state index contributed by atoms with van der Waals surface area (Å²) in [6.45, 7) is 4.28. The summed E-state index contributed by atoms with van der Waals surface area (Å²) in [7, 11) is 0. The van der Waals surface area contributed by atoms with Gasteiger partial charge in [0.2, 0.25) is 5.95 Å². The van der Waals surface area contributed by atoms with Gasteiger partial charge in [-0.15, -0.1) is 0 Å². The first kappa shape index (κ1) is 13.5. The van der Waals surface area contributed by atoms with Gasteiger partial charge in [-0.2, -0.15) is 20.1 Å². The zero-order chi connectivity index (χ0) is 13.8. The van der Waals surface area contributed by atoms with E-state index in [0.717, 1.165) is 6.42 Å². The molecule has 0 unspecified atom stereocenters. The molecule has 0 aromatic carbocycles. The lowest BCUT2D eigenvalue weighted by atomic mass is 10.5. The lowest BCUT2D eigenvalue weighted by Crippen LogP contribution is -2.15. The fourth-order valence-corrected chi connectivity index (χ4v) is 1.44. The number of aromatic nitrogens is 5. The van der Waals surface area contributed by atoms with Crippen molar-refractivity contribution in [1.82, 2.24) is 24.7 Å². The number of anilines is 1. The monoisotopic (exact) mass is 283 g/mol. The molecule has 9 heteroatoms. The van der Waals surface area contributed by atoms with E-state index in [1.54, 1.807) is 13.1 Å². The van der Waals surface area contributed by atoms with Gasteiger partial charge in [0, 0.05) is 0 Å². The van der Waals surface area contributed by atoms with Gasteiger partial charge < -0.3 is 4.74 Å². The molecule has 3 N–H and O–H groups in total. The Hall–Kier alpha value is -1.93. The van der Waals surface area contributed by atoms with Gasteiger partial charge in [-0.25, -0.2) is 10.5 Å². The summed E-state index contributed by atoms with van der Waals surface area (Å²) in [5.74, 6) is 5.79. The standard InChI is InChI=1S/C10H14ClN7O/c1-3-4-19-10-14-8(16-12)13-9(15-10)18-5-7(11)6(2)17-18/h5H,3-4,12H2,1-2H3,(H,13,14,15,16). The Kier molecular flexibility index (Phi) is 4.13. The average Bonchev–Trinajstić information content (AvgIpc) is 2.76. The van der Waals surface area contributed by atoms with Crippen LogP contribution in [-0.2, 0) is 0 Å². The van der Waals surface area contributed by atoms with Crippen LogP contribution in [0, 0.1) is 6.92 Å². The molecule has 0 fully saturated rings. The van der Waals surface area contributed by atoms with Crippen LogP contribution in [0.15, 0.2) is 6.20 Å². The van der Waals surface area contributed by atoms with Crippen LogP contribution in [0.5, 0.6) is 6.01 Å². The van der Waals surface area contributed by atoms with Crippen molar-refractivity contribution in [1.29, 1.82) is 0 Å². The van der Waals surface area contributed by atoms with Gasteiger partial charge in [-0.3, -0.25) is 5.43 Å². The average molecular weight is 284 g/mol. The molecule has 0 aliphatic heterocycles. The Balaban J connectivity index is 2.38. The molecule has 0 aliphatic rings. The van der Waals surface area contributed by atoms with E-state index in [-0.39, 0.29) is 17.9 Å². The molecule has 0 saturated heterocycles. The van der Waals surface area contributed by atoms with Crippen LogP contribution in [0.4, 0.5) is 5.95 Å². The van der Waals surface area contributed by atoms with Gasteiger partial charge in [0.15, 0.2) is 0 Å². The number of rotatable bonds is 5. The number of halogens is 1. The molecule has 102 valence electrons. The maximum atomic E-state index is 5.95. The van der Waals surface area contributed by atoms with Gasteiger partial charge >= 0.3 is 6.01 Å². The van der Waals surface area contributed by atoms with Crippen molar-refractivity contribution < 1.29 is 4.74 Å². The van der Waals surface area contributed by atoms with Crippen molar-refractivity contribution in [3.8, 4) is 12.0 Å². The zero-order valence-electron chi connectivity index (χ0n) is 10.6. The molecular weight excluding hydrogens is 270 g/mol. The minimum Gasteiger partial charge on any atom is -0.463 e. The Labute approximate surface area is 114 Å². The van der Waals surface area contributed by atoms with Crippen molar-refractivity contribution in [2.75, 3.05) is 12.0 Å². The third-order valence-electron chi connectivity index (χ3n) is 2.21. The second-order valence-electron chi connectivity index (χ2n) is 3.74. The third kappa shape index (κ3) is 3.09. The van der Waals surface area contributed by atoms with E-state index in [4.69, 9.17) is 22.2 Å². The Bertz CT molecular complexity index is 552. The number of nitrogens with zero attached hydrogens (tertiary/aromatic N) is 5. The minimum absolute atomic E-state index is 0.184. The maximum Gasteiger partial charge on any atom is 0.323 e. The Morgan fingerprint density at radius 1 is 1.42 bits per heavy atom. The largest absolute Gasteiger partial charge is 0.463 e. The second-order valence-corrected chi connectivity index (χ2v) is 4.15. The quantitative estimate of drug-likeness (QED) is 0.625. The van der Waals surface area contributed by atoms with Crippen molar-refractivity contribution in [3.05, 3.63) is 16.9 Å². The molecule has 0 spiro atoms. The fourth-order valence-electron chi connectivity index (χ4n) is 1.31. The molecule has 2 aromatic heterocycles. The lowest BCUT2D eigenvalue weighted by Gasteiger charge is -2.06. The molecule has 2 aromatic rings. The first-order valence-electron chi connectivity index (χ1n) is 5.71. The predicted octanol–water partition coefficient (Wildman–Crippen LogP) is 1.09. The molecule has 0 radical (unpaired) electrons. The number of nitrogens with two attached hydrogens (primary N) is 1. The number of nitrogen functional groups attached to an aromatic ring is 1. The molecule has 0 amide bonds. The molecular formula is C10H14ClN7O. The number of hydrogen-bond donors (Lipinski definition) is 2. The van der Waals surface area contributed by atoms with Crippen molar-refractivity contribution >= 4 is 17.5 Å². The SMILES string of the molecule is CCCOc1nc(NN)nc(-n2cc(Cl)c(C)n2)n1. The smallest absolute Gasteiger partial charge is 0.323 e. The highest BCUT2D eigenvalue weighted by atomic mass is 35.5. The van der Waals surface area contributed by atoms with Gasteiger partial charge in [0.05, 0.1) is 23.5 Å². The van der Waals surface area contributed by atoms with Crippen LogP contribution in [-0.4, -0.2) is 31.3 Å². The van der Waals surface area contributed by atoms with Gasteiger partial charge in [-0.05, 0) is 13.3 Å². The highest BCUT2D eigenvalue weighted by Gasteiger charge is 2.11. The Morgan fingerprint density at radius 3 is 2.79 bits per heavy atom. The van der Waals surface area contributed by atoms with Crippen LogP contribution < -0.4 is 16.0 Å². The van der Waals surface area contributed by atoms with E-state index in [9.17, 15) is 0 Å². The molecule has 0 aliphatic carbocycles. The van der Waals surface area contributed by atoms with E-state index in [2.05, 4.69) is 25.5 Å². The van der Waals surface area contributed by atoms with Gasteiger partial charge in [-0.1, -0.05) is 18.5 Å². The number of nitrogens with one attached hydrogen (secondary N) is 1. The topological polar surface area (TPSA) is 104 Å². The molecule has 0 bridgehead atoms. The van der Waals surface area contributed by atoms with E-state index in [0.29, 0.717) is 17.3 Å². The van der Waals surface area contributed by atoms with Crippen LogP contribution >= 0.6 is 11.6 Å². The first-order chi connectivity index (χ1) is 9.13. The number of hydrazine groups is 1. The second kappa shape index (κ2) is 5.81. The summed E-state index contributed by atoms with van der Waals surface area (Å²) >= 11 is 5.95. The molecule has 0 saturated carbocycles. The maximum absolute atomic E-state index is 5.95. The number of hydrogen-bond acceptors (Lipinski definition) is 7. The number of aryl methyl sites for hydroxylation is 1. The van der Waals surface area contributed by atoms with Crippen LogP contribution in [0.25, 0.3) is 5.95 Å². The van der Waals surface area contributed by atoms with Gasteiger partial charge in [0.1, 0.15) is 0 Å². The van der Waals surface area contributed by atoms with Crippen LogP contribution in [0.3, 0.4) is 0 Å². The predicted molar refractivity (Wildman–Crippen MR) is 70.3 cm³/mol. The molecule has 8 nitrogen and oxygen atoms in total. The fraction of sp³-hybridized carbons (Fsp3) is 0.400.